The predicted octanol–water partition coefficient (Wildman–Crippen LogP) is 3.59. The van der Waals surface area contributed by atoms with Crippen molar-refractivity contribution in [2.75, 3.05) is 18.9 Å². The first-order valence-corrected chi connectivity index (χ1v) is 8.86. The molecule has 1 heterocycles. The molecule has 1 aromatic rings. The standard InChI is InChI=1S/C16H22ClNO2S/c17-14-7-3-4-8-15(14)21-11-9-16(20)18-10-5-1-2-6-13(18)12-19/h3-4,7-8,13,19H,1-2,5-6,9-12H2. The second-order valence-electron chi connectivity index (χ2n) is 5.30. The Balaban J connectivity index is 1.84. The van der Waals surface area contributed by atoms with Crippen LogP contribution in [0.3, 0.4) is 0 Å². The lowest BCUT2D eigenvalue weighted by Gasteiger charge is -2.28. The molecular formula is C16H22ClNO2S. The van der Waals surface area contributed by atoms with Crippen molar-refractivity contribution >= 4 is 29.3 Å². The fourth-order valence-corrected chi connectivity index (χ4v) is 3.83. The van der Waals surface area contributed by atoms with Crippen LogP contribution in [0.15, 0.2) is 29.2 Å². The van der Waals surface area contributed by atoms with Gasteiger partial charge >= 0.3 is 0 Å². The third-order valence-electron chi connectivity index (χ3n) is 3.82. The molecule has 1 atom stereocenters. The van der Waals surface area contributed by atoms with Crippen LogP contribution in [0, 0.1) is 0 Å². The normalized spacial score (nSPS) is 19.3. The highest BCUT2D eigenvalue weighted by Gasteiger charge is 2.24. The highest BCUT2D eigenvalue weighted by molar-refractivity contribution is 7.99. The maximum absolute atomic E-state index is 12.4. The van der Waals surface area contributed by atoms with Crippen molar-refractivity contribution in [2.24, 2.45) is 0 Å². The third kappa shape index (κ3) is 4.90. The van der Waals surface area contributed by atoms with E-state index in [1.54, 1.807) is 11.8 Å². The molecule has 1 aliphatic rings. The number of aliphatic hydroxyl groups excluding tert-OH is 1. The van der Waals surface area contributed by atoms with Gasteiger partial charge in [-0.05, 0) is 25.0 Å². The van der Waals surface area contributed by atoms with Crippen molar-refractivity contribution in [1.29, 1.82) is 0 Å². The molecule has 1 unspecified atom stereocenters. The van der Waals surface area contributed by atoms with E-state index in [2.05, 4.69) is 0 Å². The van der Waals surface area contributed by atoms with E-state index < -0.39 is 0 Å². The Hall–Kier alpha value is -0.710. The fraction of sp³-hybridized carbons (Fsp3) is 0.562. The number of aliphatic hydroxyl groups is 1. The lowest BCUT2D eigenvalue weighted by atomic mass is 10.1. The summed E-state index contributed by atoms with van der Waals surface area (Å²) in [5.41, 5.74) is 0. The van der Waals surface area contributed by atoms with Gasteiger partial charge in [0.2, 0.25) is 5.91 Å². The van der Waals surface area contributed by atoms with Gasteiger partial charge in [0.15, 0.2) is 0 Å². The summed E-state index contributed by atoms with van der Waals surface area (Å²) in [6.07, 6.45) is 4.70. The molecule has 0 aromatic heterocycles. The van der Waals surface area contributed by atoms with Gasteiger partial charge in [0.25, 0.3) is 0 Å². The lowest BCUT2D eigenvalue weighted by molar-refractivity contribution is -0.133. The lowest BCUT2D eigenvalue weighted by Crippen LogP contribution is -2.42. The first kappa shape index (κ1) is 16.7. The van der Waals surface area contributed by atoms with Crippen LogP contribution in [0.5, 0.6) is 0 Å². The molecule has 5 heteroatoms. The van der Waals surface area contributed by atoms with Crippen LogP contribution in [-0.4, -0.2) is 40.9 Å². The van der Waals surface area contributed by atoms with Crippen LogP contribution in [0.1, 0.15) is 32.1 Å². The van der Waals surface area contributed by atoms with E-state index >= 15 is 0 Å². The predicted molar refractivity (Wildman–Crippen MR) is 87.8 cm³/mol. The van der Waals surface area contributed by atoms with Crippen LogP contribution in [0.25, 0.3) is 0 Å². The Morgan fingerprint density at radius 2 is 2.14 bits per heavy atom. The second kappa shape index (κ2) is 8.66. The number of hydrogen-bond acceptors (Lipinski definition) is 3. The zero-order valence-electron chi connectivity index (χ0n) is 12.1. The molecule has 1 N–H and O–H groups in total. The molecule has 1 aromatic carbocycles. The molecule has 0 saturated carbocycles. The third-order valence-corrected chi connectivity index (χ3v) is 5.34. The van der Waals surface area contributed by atoms with E-state index in [4.69, 9.17) is 11.6 Å². The van der Waals surface area contributed by atoms with Gasteiger partial charge in [-0.3, -0.25) is 4.79 Å². The van der Waals surface area contributed by atoms with Crippen molar-refractivity contribution in [3.05, 3.63) is 29.3 Å². The van der Waals surface area contributed by atoms with Crippen LogP contribution in [0.2, 0.25) is 5.02 Å². The van der Waals surface area contributed by atoms with Gasteiger partial charge in [0.05, 0.1) is 17.7 Å². The van der Waals surface area contributed by atoms with E-state index in [0.717, 1.165) is 47.9 Å². The summed E-state index contributed by atoms with van der Waals surface area (Å²) in [6.45, 7) is 0.851. The van der Waals surface area contributed by atoms with Crippen molar-refractivity contribution in [3.8, 4) is 0 Å². The number of carbonyl (C=O) groups excluding carboxylic acids is 1. The van der Waals surface area contributed by atoms with Crippen LogP contribution < -0.4 is 0 Å². The van der Waals surface area contributed by atoms with Gasteiger partial charge in [-0.1, -0.05) is 36.6 Å². The highest BCUT2D eigenvalue weighted by Crippen LogP contribution is 2.27. The van der Waals surface area contributed by atoms with Crippen molar-refractivity contribution in [2.45, 2.75) is 43.0 Å². The van der Waals surface area contributed by atoms with E-state index in [9.17, 15) is 9.90 Å². The minimum absolute atomic E-state index is 0.00492. The number of halogens is 1. The number of rotatable bonds is 5. The number of benzene rings is 1. The maximum atomic E-state index is 12.4. The van der Waals surface area contributed by atoms with E-state index in [0.29, 0.717) is 6.42 Å². The number of likely N-dealkylation sites (tertiary alicyclic amines) is 1. The highest BCUT2D eigenvalue weighted by atomic mass is 35.5. The quantitative estimate of drug-likeness (QED) is 0.840. The zero-order chi connectivity index (χ0) is 15.1. The average Bonchev–Trinajstić information content (AvgIpc) is 2.74. The SMILES string of the molecule is O=C(CCSc1ccccc1Cl)N1CCCCCC1CO. The largest absolute Gasteiger partial charge is 0.394 e. The number of carbonyl (C=O) groups is 1. The van der Waals surface area contributed by atoms with E-state index in [1.807, 2.05) is 29.2 Å². The van der Waals surface area contributed by atoms with Gasteiger partial charge in [-0.15, -0.1) is 11.8 Å². The summed E-state index contributed by atoms with van der Waals surface area (Å²) in [5.74, 6) is 0.868. The van der Waals surface area contributed by atoms with Gasteiger partial charge in [-0.25, -0.2) is 0 Å². The topological polar surface area (TPSA) is 40.5 Å². The Labute approximate surface area is 135 Å². The number of hydrogen-bond donors (Lipinski definition) is 1. The van der Waals surface area contributed by atoms with Crippen molar-refractivity contribution in [1.82, 2.24) is 4.90 Å². The second-order valence-corrected chi connectivity index (χ2v) is 6.85. The summed E-state index contributed by atoms with van der Waals surface area (Å²) in [6, 6.07) is 7.69. The van der Waals surface area contributed by atoms with Crippen LogP contribution in [0.4, 0.5) is 0 Å². The molecule has 1 amide bonds. The molecule has 0 spiro atoms. The Morgan fingerprint density at radius 1 is 1.33 bits per heavy atom. The van der Waals surface area contributed by atoms with E-state index in [1.165, 1.54) is 0 Å². The molecule has 3 nitrogen and oxygen atoms in total. The van der Waals surface area contributed by atoms with Gasteiger partial charge in [-0.2, -0.15) is 0 Å². The first-order chi connectivity index (χ1) is 10.2. The molecule has 2 rings (SSSR count). The Bertz CT molecular complexity index is 469. The van der Waals surface area contributed by atoms with Gasteiger partial charge in [0, 0.05) is 23.6 Å². The van der Waals surface area contributed by atoms with E-state index in [-0.39, 0.29) is 18.6 Å². The molecule has 0 aliphatic carbocycles. The average molecular weight is 328 g/mol. The minimum Gasteiger partial charge on any atom is -0.394 e. The number of amides is 1. The zero-order valence-corrected chi connectivity index (χ0v) is 13.7. The molecule has 116 valence electrons. The molecule has 0 bridgehead atoms. The molecule has 1 fully saturated rings. The first-order valence-electron chi connectivity index (χ1n) is 7.50. The van der Waals surface area contributed by atoms with Crippen molar-refractivity contribution < 1.29 is 9.90 Å². The summed E-state index contributed by atoms with van der Waals surface area (Å²) < 4.78 is 0. The minimum atomic E-state index is 0.00492. The summed E-state index contributed by atoms with van der Waals surface area (Å²) >= 11 is 7.72. The Kier molecular flexibility index (Phi) is 6.87. The smallest absolute Gasteiger partial charge is 0.223 e. The summed E-state index contributed by atoms with van der Waals surface area (Å²) in [7, 11) is 0. The van der Waals surface area contributed by atoms with Gasteiger partial charge < -0.3 is 10.0 Å². The fourth-order valence-electron chi connectivity index (χ4n) is 2.65. The van der Waals surface area contributed by atoms with Gasteiger partial charge in [0.1, 0.15) is 0 Å². The number of thioether (sulfide) groups is 1. The summed E-state index contributed by atoms with van der Waals surface area (Å²) in [5, 5.41) is 10.2. The molecular weight excluding hydrogens is 306 g/mol. The van der Waals surface area contributed by atoms with Crippen LogP contribution in [-0.2, 0) is 4.79 Å². The van der Waals surface area contributed by atoms with Crippen molar-refractivity contribution in [3.63, 3.8) is 0 Å². The molecule has 21 heavy (non-hydrogen) atoms. The molecule has 1 aliphatic heterocycles. The maximum Gasteiger partial charge on any atom is 0.223 e. The number of nitrogens with zero attached hydrogens (tertiary/aromatic N) is 1. The van der Waals surface area contributed by atoms with Crippen LogP contribution >= 0.6 is 23.4 Å². The molecule has 0 radical (unpaired) electrons. The summed E-state index contributed by atoms with van der Waals surface area (Å²) in [4.78, 5) is 15.3. The molecule has 1 saturated heterocycles. The monoisotopic (exact) mass is 327 g/mol. The Morgan fingerprint density at radius 3 is 2.90 bits per heavy atom.